The van der Waals surface area contributed by atoms with Crippen LogP contribution in [0.25, 0.3) is 0 Å². The molecule has 2 aromatic carbocycles. The fraction of sp³-hybridized carbons (Fsp3) is 0.368. The second-order valence-electron chi connectivity index (χ2n) is 6.58. The van der Waals surface area contributed by atoms with Gasteiger partial charge in [-0.3, -0.25) is 0 Å². The van der Waals surface area contributed by atoms with Gasteiger partial charge in [0.15, 0.2) is 0 Å². The number of benzene rings is 2. The number of hydrogen-bond donors (Lipinski definition) is 0. The van der Waals surface area contributed by atoms with E-state index in [9.17, 15) is 8.78 Å². The Morgan fingerprint density at radius 1 is 1.00 bits per heavy atom. The molecule has 0 bridgehead atoms. The van der Waals surface area contributed by atoms with Gasteiger partial charge in [-0.1, -0.05) is 18.2 Å². The summed E-state index contributed by atoms with van der Waals surface area (Å²) in [6, 6.07) is 11.3. The Kier molecular flexibility index (Phi) is 3.47. The number of ether oxygens (including phenoxy) is 1. The van der Waals surface area contributed by atoms with Crippen LogP contribution in [0.15, 0.2) is 42.5 Å². The lowest BCUT2D eigenvalue weighted by Gasteiger charge is -2.38. The zero-order chi connectivity index (χ0) is 16.0. The Hall–Kier alpha value is -1.78. The van der Waals surface area contributed by atoms with Crippen molar-refractivity contribution < 1.29 is 13.5 Å². The highest BCUT2D eigenvalue weighted by molar-refractivity contribution is 5.44. The summed E-state index contributed by atoms with van der Waals surface area (Å²) in [7, 11) is 2.09. The second kappa shape index (κ2) is 5.39. The van der Waals surface area contributed by atoms with E-state index in [0.29, 0.717) is 0 Å². The Morgan fingerprint density at radius 3 is 2.35 bits per heavy atom. The molecular weight excluding hydrogens is 296 g/mol. The largest absolute Gasteiger partial charge is 0.358 e. The van der Waals surface area contributed by atoms with Crippen LogP contribution in [0.5, 0.6) is 0 Å². The third-order valence-corrected chi connectivity index (χ3v) is 5.10. The van der Waals surface area contributed by atoms with Gasteiger partial charge < -0.3 is 9.64 Å². The molecule has 0 saturated carbocycles. The Bertz CT molecular complexity index is 721. The minimum Gasteiger partial charge on any atom is -0.358 e. The van der Waals surface area contributed by atoms with Gasteiger partial charge in [0.05, 0.1) is 5.60 Å². The molecule has 1 spiro atoms. The van der Waals surface area contributed by atoms with Crippen LogP contribution in [-0.4, -0.2) is 25.0 Å². The number of halogens is 2. The summed E-state index contributed by atoms with van der Waals surface area (Å²) in [6.07, 6.45) is 1.43. The van der Waals surface area contributed by atoms with Crippen molar-refractivity contribution in [1.29, 1.82) is 0 Å². The normalized spacial score (nSPS) is 23.2. The first-order valence-corrected chi connectivity index (χ1v) is 7.99. The minimum atomic E-state index is -0.428. The molecule has 2 aliphatic heterocycles. The van der Waals surface area contributed by atoms with E-state index >= 15 is 0 Å². The number of piperidine rings is 1. The van der Waals surface area contributed by atoms with E-state index in [-0.39, 0.29) is 17.7 Å². The number of nitrogens with zero attached hydrogens (tertiary/aromatic N) is 1. The summed E-state index contributed by atoms with van der Waals surface area (Å²) in [5.41, 5.74) is 2.45. The molecule has 4 rings (SSSR count). The van der Waals surface area contributed by atoms with Crippen molar-refractivity contribution in [3.05, 3.63) is 70.8 Å². The quantitative estimate of drug-likeness (QED) is 0.788. The van der Waals surface area contributed by atoms with Crippen molar-refractivity contribution in [2.45, 2.75) is 24.5 Å². The zero-order valence-electron chi connectivity index (χ0n) is 13.1. The fourth-order valence-electron chi connectivity index (χ4n) is 3.76. The third kappa shape index (κ3) is 2.46. The maximum absolute atomic E-state index is 13.8. The van der Waals surface area contributed by atoms with Crippen LogP contribution in [0.4, 0.5) is 8.78 Å². The molecule has 1 atom stereocenters. The minimum absolute atomic E-state index is 0.231. The van der Waals surface area contributed by atoms with Crippen molar-refractivity contribution in [1.82, 2.24) is 4.90 Å². The second-order valence-corrected chi connectivity index (χ2v) is 6.58. The molecule has 0 radical (unpaired) electrons. The van der Waals surface area contributed by atoms with Crippen LogP contribution in [-0.2, 0) is 10.3 Å². The van der Waals surface area contributed by atoms with Crippen molar-refractivity contribution >= 4 is 0 Å². The summed E-state index contributed by atoms with van der Waals surface area (Å²) in [5, 5.41) is 0. The standard InChI is InChI=1S/C19H19F2NO/c1-22-10-8-19(9-11-22)17-12-15(21)6-7-16(17)18(23-19)13-2-4-14(20)5-3-13/h2-7,12,18H,8-11H2,1H3/t18-/m1/s1. The molecule has 2 heterocycles. The van der Waals surface area contributed by atoms with Crippen molar-refractivity contribution in [3.8, 4) is 0 Å². The number of likely N-dealkylation sites (tertiary alicyclic amines) is 1. The maximum Gasteiger partial charge on any atom is 0.123 e. The van der Waals surface area contributed by atoms with E-state index in [1.54, 1.807) is 18.2 Å². The molecule has 2 nitrogen and oxygen atoms in total. The molecular formula is C19H19F2NO. The van der Waals surface area contributed by atoms with E-state index in [0.717, 1.165) is 42.6 Å². The monoisotopic (exact) mass is 315 g/mol. The molecule has 1 fully saturated rings. The molecule has 1 saturated heterocycles. The third-order valence-electron chi connectivity index (χ3n) is 5.10. The predicted molar refractivity (Wildman–Crippen MR) is 84.1 cm³/mol. The molecule has 4 heteroatoms. The SMILES string of the molecule is CN1CCC2(CC1)O[C@H](c1ccc(F)cc1)c1ccc(F)cc12. The van der Waals surface area contributed by atoms with E-state index in [1.165, 1.54) is 18.2 Å². The molecule has 2 aromatic rings. The Balaban J connectivity index is 1.78. The first-order chi connectivity index (χ1) is 11.1. The first kappa shape index (κ1) is 14.8. The summed E-state index contributed by atoms with van der Waals surface area (Å²) in [4.78, 5) is 2.26. The summed E-state index contributed by atoms with van der Waals surface area (Å²) >= 11 is 0. The van der Waals surface area contributed by atoms with Crippen molar-refractivity contribution in [2.75, 3.05) is 20.1 Å². The molecule has 120 valence electrons. The van der Waals surface area contributed by atoms with Gasteiger partial charge in [-0.25, -0.2) is 8.78 Å². The van der Waals surface area contributed by atoms with Gasteiger partial charge in [-0.15, -0.1) is 0 Å². The molecule has 0 aromatic heterocycles. The lowest BCUT2D eigenvalue weighted by atomic mass is 9.83. The Morgan fingerprint density at radius 2 is 1.65 bits per heavy atom. The van der Waals surface area contributed by atoms with Crippen LogP contribution in [0.1, 0.15) is 35.6 Å². The van der Waals surface area contributed by atoms with Gasteiger partial charge in [0.25, 0.3) is 0 Å². The van der Waals surface area contributed by atoms with Gasteiger partial charge in [0.2, 0.25) is 0 Å². The van der Waals surface area contributed by atoms with E-state index < -0.39 is 5.60 Å². The average Bonchev–Trinajstić information content (AvgIpc) is 2.85. The molecule has 2 aliphatic rings. The summed E-state index contributed by atoms with van der Waals surface area (Å²) in [6.45, 7) is 1.85. The van der Waals surface area contributed by atoms with E-state index in [4.69, 9.17) is 4.74 Å². The van der Waals surface area contributed by atoms with Gasteiger partial charge in [0, 0.05) is 13.1 Å². The molecule has 0 unspecified atom stereocenters. The highest BCUT2D eigenvalue weighted by Gasteiger charge is 2.46. The average molecular weight is 315 g/mol. The highest BCUT2D eigenvalue weighted by Crippen LogP contribution is 2.51. The van der Waals surface area contributed by atoms with Crippen LogP contribution in [0, 0.1) is 11.6 Å². The van der Waals surface area contributed by atoms with Crippen LogP contribution in [0.2, 0.25) is 0 Å². The lowest BCUT2D eigenvalue weighted by Crippen LogP contribution is -2.40. The number of hydrogen-bond acceptors (Lipinski definition) is 2. The van der Waals surface area contributed by atoms with Crippen LogP contribution < -0.4 is 0 Å². The number of fused-ring (bicyclic) bond motifs is 2. The van der Waals surface area contributed by atoms with Crippen LogP contribution in [0.3, 0.4) is 0 Å². The van der Waals surface area contributed by atoms with Gasteiger partial charge in [0.1, 0.15) is 17.7 Å². The highest BCUT2D eigenvalue weighted by atomic mass is 19.1. The van der Waals surface area contributed by atoms with Gasteiger partial charge in [-0.2, -0.15) is 0 Å². The summed E-state index contributed by atoms with van der Waals surface area (Å²) in [5.74, 6) is -0.495. The van der Waals surface area contributed by atoms with E-state index in [2.05, 4.69) is 11.9 Å². The molecule has 23 heavy (non-hydrogen) atoms. The van der Waals surface area contributed by atoms with Crippen molar-refractivity contribution in [2.24, 2.45) is 0 Å². The maximum atomic E-state index is 13.8. The predicted octanol–water partition coefficient (Wildman–Crippen LogP) is 4.01. The first-order valence-electron chi connectivity index (χ1n) is 7.99. The lowest BCUT2D eigenvalue weighted by molar-refractivity contribution is -0.0941. The summed E-state index contributed by atoms with van der Waals surface area (Å²) < 4.78 is 33.5. The number of rotatable bonds is 1. The fourth-order valence-corrected chi connectivity index (χ4v) is 3.76. The van der Waals surface area contributed by atoms with Crippen molar-refractivity contribution in [3.63, 3.8) is 0 Å². The molecule has 0 amide bonds. The molecule has 0 N–H and O–H groups in total. The van der Waals surface area contributed by atoms with E-state index in [1.807, 2.05) is 6.07 Å². The topological polar surface area (TPSA) is 12.5 Å². The Labute approximate surface area is 134 Å². The zero-order valence-corrected chi connectivity index (χ0v) is 13.1. The van der Waals surface area contributed by atoms with Crippen LogP contribution >= 0.6 is 0 Å². The molecule has 0 aliphatic carbocycles. The van der Waals surface area contributed by atoms with Gasteiger partial charge >= 0.3 is 0 Å². The van der Waals surface area contributed by atoms with Gasteiger partial charge in [-0.05, 0) is 60.8 Å². The smallest absolute Gasteiger partial charge is 0.123 e.